The summed E-state index contributed by atoms with van der Waals surface area (Å²) >= 11 is 0. The maximum Gasteiger partial charge on any atom is 0.416 e. The molecule has 1 aliphatic carbocycles. The number of ether oxygens (including phenoxy) is 2. The molecule has 36 heavy (non-hydrogen) atoms. The van der Waals surface area contributed by atoms with Crippen LogP contribution in [0.25, 0.3) is 0 Å². The average Bonchev–Trinajstić information content (AvgIpc) is 2.81. The van der Waals surface area contributed by atoms with Gasteiger partial charge in [0, 0.05) is 25.4 Å². The van der Waals surface area contributed by atoms with Crippen LogP contribution in [0.15, 0.2) is 42.7 Å². The van der Waals surface area contributed by atoms with Gasteiger partial charge in [-0.15, -0.1) is 0 Å². The zero-order valence-corrected chi connectivity index (χ0v) is 19.9. The first-order chi connectivity index (χ1) is 17.2. The number of halogens is 3. The lowest BCUT2D eigenvalue weighted by molar-refractivity contribution is -0.138. The molecule has 0 spiro atoms. The lowest BCUT2D eigenvalue weighted by Gasteiger charge is -2.38. The second-order valence-electron chi connectivity index (χ2n) is 9.11. The van der Waals surface area contributed by atoms with Crippen molar-refractivity contribution in [2.24, 2.45) is 0 Å². The summed E-state index contributed by atoms with van der Waals surface area (Å²) in [7, 11) is 0. The van der Waals surface area contributed by atoms with Crippen LogP contribution in [0.2, 0.25) is 0 Å². The van der Waals surface area contributed by atoms with Crippen molar-refractivity contribution in [3.8, 4) is 5.75 Å². The van der Waals surface area contributed by atoms with E-state index in [0.717, 1.165) is 30.5 Å². The van der Waals surface area contributed by atoms with E-state index in [1.807, 2.05) is 12.1 Å². The van der Waals surface area contributed by atoms with E-state index in [2.05, 4.69) is 15.6 Å². The Balaban J connectivity index is 1.30. The van der Waals surface area contributed by atoms with Crippen molar-refractivity contribution >= 4 is 17.6 Å². The van der Waals surface area contributed by atoms with Gasteiger partial charge in [0.2, 0.25) is 5.91 Å². The van der Waals surface area contributed by atoms with E-state index in [4.69, 9.17) is 9.47 Å². The fraction of sp³-hybridized carbons (Fsp3) is 0.480. The third-order valence-electron chi connectivity index (χ3n) is 6.39. The highest BCUT2D eigenvalue weighted by molar-refractivity contribution is 5.91. The topological polar surface area (TPSA) is 92.8 Å². The standard InChI is InChI=1S/C25H29F3N4O4/c1-16(33)32-13-21(14-32)36-23-7-2-18(25(26,27)28)12-22(23)31-24(34)30-19-3-5-20(6-4-19)35-15-17-8-10-29-11-9-17/h2,7-12,19-21H,3-6,13-15H2,1H3,(H2,30,31,34)/t19-,20-. The van der Waals surface area contributed by atoms with E-state index in [0.29, 0.717) is 32.5 Å². The molecule has 1 aliphatic heterocycles. The number of pyridine rings is 1. The SMILES string of the molecule is CC(=O)N1CC(Oc2ccc(C(F)(F)F)cc2NC(=O)N[C@H]2CC[C@H](OCc3ccncc3)CC2)C1. The van der Waals surface area contributed by atoms with Gasteiger partial charge in [-0.1, -0.05) is 0 Å². The number of anilines is 1. The van der Waals surface area contributed by atoms with Gasteiger partial charge in [0.25, 0.3) is 0 Å². The summed E-state index contributed by atoms with van der Waals surface area (Å²) in [6.45, 7) is 2.62. The maximum atomic E-state index is 13.3. The average molecular weight is 507 g/mol. The Morgan fingerprint density at radius 3 is 2.39 bits per heavy atom. The van der Waals surface area contributed by atoms with Gasteiger partial charge < -0.3 is 25.0 Å². The largest absolute Gasteiger partial charge is 0.485 e. The first-order valence-corrected chi connectivity index (χ1v) is 11.9. The number of carbonyl (C=O) groups excluding carboxylic acids is 2. The van der Waals surface area contributed by atoms with Crippen LogP contribution >= 0.6 is 0 Å². The normalized spacial score (nSPS) is 20.4. The highest BCUT2D eigenvalue weighted by atomic mass is 19.4. The highest BCUT2D eigenvalue weighted by Crippen LogP contribution is 2.36. The molecule has 0 atom stereocenters. The van der Waals surface area contributed by atoms with Crippen molar-refractivity contribution in [2.75, 3.05) is 18.4 Å². The quantitative estimate of drug-likeness (QED) is 0.582. The first-order valence-electron chi connectivity index (χ1n) is 11.9. The van der Waals surface area contributed by atoms with Crippen LogP contribution in [0, 0.1) is 0 Å². The van der Waals surface area contributed by atoms with Gasteiger partial charge in [0.05, 0.1) is 37.1 Å². The minimum absolute atomic E-state index is 0.0713. The summed E-state index contributed by atoms with van der Waals surface area (Å²) in [5, 5.41) is 5.37. The lowest BCUT2D eigenvalue weighted by Crippen LogP contribution is -2.55. The van der Waals surface area contributed by atoms with Gasteiger partial charge in [-0.25, -0.2) is 4.79 Å². The molecule has 4 rings (SSSR count). The molecule has 1 saturated heterocycles. The monoisotopic (exact) mass is 506 g/mol. The zero-order chi connectivity index (χ0) is 25.7. The predicted octanol–water partition coefficient (Wildman–Crippen LogP) is 4.36. The molecule has 0 unspecified atom stereocenters. The van der Waals surface area contributed by atoms with Crippen LogP contribution in [-0.4, -0.2) is 53.2 Å². The molecule has 1 aromatic carbocycles. The number of urea groups is 1. The Hall–Kier alpha value is -3.34. The molecule has 0 bridgehead atoms. The Morgan fingerprint density at radius 2 is 1.75 bits per heavy atom. The van der Waals surface area contributed by atoms with E-state index >= 15 is 0 Å². The Bertz CT molecular complexity index is 1050. The third kappa shape index (κ3) is 6.87. The molecule has 2 fully saturated rings. The van der Waals surface area contributed by atoms with Crippen LogP contribution in [0.3, 0.4) is 0 Å². The maximum absolute atomic E-state index is 13.3. The summed E-state index contributed by atoms with van der Waals surface area (Å²) in [4.78, 5) is 29.6. The number of rotatable bonds is 7. The van der Waals surface area contributed by atoms with Crippen molar-refractivity contribution in [3.63, 3.8) is 0 Å². The van der Waals surface area contributed by atoms with Gasteiger partial charge in [-0.2, -0.15) is 13.2 Å². The van der Waals surface area contributed by atoms with Crippen molar-refractivity contribution in [1.29, 1.82) is 0 Å². The minimum Gasteiger partial charge on any atom is -0.485 e. The molecule has 8 nitrogen and oxygen atoms in total. The second kappa shape index (κ2) is 11.2. The van der Waals surface area contributed by atoms with Gasteiger partial charge >= 0.3 is 12.2 Å². The smallest absolute Gasteiger partial charge is 0.416 e. The van der Waals surface area contributed by atoms with E-state index in [9.17, 15) is 22.8 Å². The number of amides is 3. The van der Waals surface area contributed by atoms with Gasteiger partial charge in [-0.05, 0) is 61.6 Å². The fourth-order valence-electron chi connectivity index (χ4n) is 4.27. The third-order valence-corrected chi connectivity index (χ3v) is 6.39. The van der Waals surface area contributed by atoms with Crippen LogP contribution < -0.4 is 15.4 Å². The van der Waals surface area contributed by atoms with E-state index in [-0.39, 0.29) is 35.6 Å². The first kappa shape index (κ1) is 25.7. The molecule has 2 aliphatic rings. The molecule has 0 radical (unpaired) electrons. The van der Waals surface area contributed by atoms with Gasteiger partial charge in [-0.3, -0.25) is 9.78 Å². The van der Waals surface area contributed by atoms with Crippen molar-refractivity contribution in [2.45, 2.75) is 63.6 Å². The van der Waals surface area contributed by atoms with Gasteiger partial charge in [0.1, 0.15) is 11.9 Å². The molecular weight excluding hydrogens is 477 g/mol. The van der Waals surface area contributed by atoms with Crippen molar-refractivity contribution in [1.82, 2.24) is 15.2 Å². The van der Waals surface area contributed by atoms with Crippen LogP contribution in [0.4, 0.5) is 23.7 Å². The summed E-state index contributed by atoms with van der Waals surface area (Å²) < 4.78 is 51.5. The highest BCUT2D eigenvalue weighted by Gasteiger charge is 2.34. The van der Waals surface area contributed by atoms with Crippen molar-refractivity contribution in [3.05, 3.63) is 53.9 Å². The molecular formula is C25H29F3N4O4. The fourth-order valence-corrected chi connectivity index (χ4v) is 4.27. The molecule has 2 aromatic rings. The Kier molecular flexibility index (Phi) is 7.97. The Labute approximate surface area is 207 Å². The van der Waals surface area contributed by atoms with Crippen LogP contribution in [0.1, 0.15) is 43.7 Å². The zero-order valence-electron chi connectivity index (χ0n) is 19.9. The second-order valence-corrected chi connectivity index (χ2v) is 9.11. The van der Waals surface area contributed by atoms with E-state index < -0.39 is 17.8 Å². The number of hydrogen-bond acceptors (Lipinski definition) is 5. The molecule has 3 amide bonds. The number of alkyl halides is 3. The summed E-state index contributed by atoms with van der Waals surface area (Å²) in [6.07, 6.45) is 1.52. The van der Waals surface area contributed by atoms with E-state index in [1.54, 1.807) is 17.3 Å². The van der Waals surface area contributed by atoms with Crippen molar-refractivity contribution < 1.29 is 32.2 Å². The number of hydrogen-bond donors (Lipinski definition) is 2. The minimum atomic E-state index is -4.57. The number of benzene rings is 1. The summed E-state index contributed by atoms with van der Waals surface area (Å²) in [5.74, 6) is 0.0251. The summed E-state index contributed by atoms with van der Waals surface area (Å²) in [6, 6.07) is 6.05. The van der Waals surface area contributed by atoms with E-state index in [1.165, 1.54) is 13.0 Å². The van der Waals surface area contributed by atoms with Gasteiger partial charge in [0.15, 0.2) is 0 Å². The number of likely N-dealkylation sites (tertiary alicyclic amines) is 1. The number of aromatic nitrogens is 1. The molecule has 1 aromatic heterocycles. The van der Waals surface area contributed by atoms with Crippen LogP contribution in [-0.2, 0) is 22.3 Å². The molecule has 2 N–H and O–H groups in total. The number of nitrogens with one attached hydrogen (secondary N) is 2. The predicted molar refractivity (Wildman–Crippen MR) is 125 cm³/mol. The number of nitrogens with zero attached hydrogens (tertiary/aromatic N) is 2. The molecule has 1 saturated carbocycles. The lowest BCUT2D eigenvalue weighted by atomic mass is 9.93. The number of carbonyl (C=O) groups is 2. The summed E-state index contributed by atoms with van der Waals surface area (Å²) in [5.41, 5.74) is 0.0774. The Morgan fingerprint density at radius 1 is 1.06 bits per heavy atom. The molecule has 11 heteroatoms. The van der Waals surface area contributed by atoms with Crippen LogP contribution in [0.5, 0.6) is 5.75 Å². The molecule has 194 valence electrons. The molecule has 2 heterocycles.